The average Bonchev–Trinajstić information content (AvgIpc) is 3.24. The van der Waals surface area contributed by atoms with E-state index in [4.69, 9.17) is 4.74 Å². The van der Waals surface area contributed by atoms with Crippen LogP contribution in [0.4, 0.5) is 8.78 Å². The molecule has 35 heavy (non-hydrogen) atoms. The first-order valence-electron chi connectivity index (χ1n) is 10.7. The highest BCUT2D eigenvalue weighted by Crippen LogP contribution is 2.37. The second kappa shape index (κ2) is 8.63. The zero-order valence-electron chi connectivity index (χ0n) is 18.9. The standard InChI is InChI=1S/C27H20F2N2O3S/c1-17-8-10-21(11-9-17)35(32,33)31-16-23(19-13-24(28)26(34-2)25(29)14-19)22-12-20(15-30-27(22)31)18-6-4-3-5-7-18/h3-16H,1-2H3. The Morgan fingerprint density at radius 2 is 1.51 bits per heavy atom. The van der Waals surface area contributed by atoms with E-state index in [9.17, 15) is 17.2 Å². The maximum Gasteiger partial charge on any atom is 0.269 e. The molecule has 0 N–H and O–H groups in total. The monoisotopic (exact) mass is 490 g/mol. The molecule has 0 aliphatic heterocycles. The van der Waals surface area contributed by atoms with Gasteiger partial charge in [0.15, 0.2) is 23.0 Å². The summed E-state index contributed by atoms with van der Waals surface area (Å²) in [5, 5.41) is 0.436. The minimum atomic E-state index is -4.04. The third-order valence-electron chi connectivity index (χ3n) is 5.81. The van der Waals surface area contributed by atoms with Gasteiger partial charge >= 0.3 is 0 Å². The summed E-state index contributed by atoms with van der Waals surface area (Å²) in [6.45, 7) is 1.86. The van der Waals surface area contributed by atoms with E-state index in [1.807, 2.05) is 37.3 Å². The Morgan fingerprint density at radius 3 is 2.14 bits per heavy atom. The first-order valence-corrected chi connectivity index (χ1v) is 12.2. The minimum absolute atomic E-state index is 0.0765. The number of ether oxygens (including phenoxy) is 1. The van der Waals surface area contributed by atoms with Gasteiger partial charge in [-0.3, -0.25) is 0 Å². The molecule has 0 saturated carbocycles. The van der Waals surface area contributed by atoms with Gasteiger partial charge in [-0.1, -0.05) is 48.0 Å². The second-order valence-corrected chi connectivity index (χ2v) is 9.91. The molecule has 0 unspecified atom stereocenters. The van der Waals surface area contributed by atoms with Crippen molar-refractivity contribution >= 4 is 21.1 Å². The number of pyridine rings is 1. The van der Waals surface area contributed by atoms with E-state index in [1.165, 1.54) is 25.4 Å². The van der Waals surface area contributed by atoms with Crippen molar-refractivity contribution in [2.45, 2.75) is 11.8 Å². The SMILES string of the molecule is COc1c(F)cc(-c2cn(S(=O)(=O)c3ccc(C)cc3)c3ncc(-c4ccccc4)cc23)cc1F. The van der Waals surface area contributed by atoms with Crippen molar-refractivity contribution in [3.63, 3.8) is 0 Å². The van der Waals surface area contributed by atoms with Crippen molar-refractivity contribution in [1.29, 1.82) is 0 Å². The third kappa shape index (κ3) is 3.95. The normalized spacial score (nSPS) is 11.7. The molecule has 5 aromatic rings. The number of nitrogens with zero attached hydrogens (tertiary/aromatic N) is 2. The summed E-state index contributed by atoms with van der Waals surface area (Å²) in [7, 11) is -2.86. The van der Waals surface area contributed by atoms with Gasteiger partial charge in [0.1, 0.15) is 0 Å². The Morgan fingerprint density at radius 1 is 0.857 bits per heavy atom. The van der Waals surface area contributed by atoms with Gasteiger partial charge in [0.2, 0.25) is 0 Å². The molecule has 0 aliphatic rings. The largest absolute Gasteiger partial charge is 0.491 e. The topological polar surface area (TPSA) is 61.2 Å². The highest BCUT2D eigenvalue weighted by atomic mass is 32.2. The molecule has 3 aromatic carbocycles. The molecule has 0 radical (unpaired) electrons. The van der Waals surface area contributed by atoms with Crippen LogP contribution in [0.25, 0.3) is 33.3 Å². The number of hydrogen-bond donors (Lipinski definition) is 0. The second-order valence-electron chi connectivity index (χ2n) is 8.09. The summed E-state index contributed by atoms with van der Waals surface area (Å²) in [6.07, 6.45) is 2.93. The van der Waals surface area contributed by atoms with Gasteiger partial charge in [0.25, 0.3) is 10.0 Å². The van der Waals surface area contributed by atoms with Crippen LogP contribution in [-0.4, -0.2) is 24.5 Å². The van der Waals surface area contributed by atoms with Gasteiger partial charge in [0.05, 0.1) is 12.0 Å². The molecular weight excluding hydrogens is 470 g/mol. The number of hydrogen-bond acceptors (Lipinski definition) is 4. The fourth-order valence-electron chi connectivity index (χ4n) is 4.02. The molecule has 176 valence electrons. The number of methoxy groups -OCH3 is 1. The zero-order valence-corrected chi connectivity index (χ0v) is 19.7. The summed E-state index contributed by atoms with van der Waals surface area (Å²) in [5.41, 5.74) is 3.15. The van der Waals surface area contributed by atoms with Crippen molar-refractivity contribution in [3.8, 4) is 28.0 Å². The average molecular weight is 491 g/mol. The number of fused-ring (bicyclic) bond motifs is 1. The van der Waals surface area contributed by atoms with Crippen LogP contribution in [0, 0.1) is 18.6 Å². The van der Waals surface area contributed by atoms with Gasteiger partial charge in [-0.15, -0.1) is 0 Å². The van der Waals surface area contributed by atoms with Gasteiger partial charge in [-0.2, -0.15) is 0 Å². The van der Waals surface area contributed by atoms with Crippen LogP contribution in [0.5, 0.6) is 5.75 Å². The van der Waals surface area contributed by atoms with Crippen molar-refractivity contribution in [2.24, 2.45) is 0 Å². The highest BCUT2D eigenvalue weighted by molar-refractivity contribution is 7.90. The molecule has 0 aliphatic carbocycles. The maximum atomic E-state index is 14.6. The molecule has 0 atom stereocenters. The van der Waals surface area contributed by atoms with E-state index in [0.29, 0.717) is 10.9 Å². The predicted octanol–water partition coefficient (Wildman–Crippen LogP) is 6.20. The van der Waals surface area contributed by atoms with Gasteiger partial charge in [0, 0.05) is 28.9 Å². The van der Waals surface area contributed by atoms with Crippen molar-refractivity contribution in [3.05, 3.63) is 102 Å². The fourth-order valence-corrected chi connectivity index (χ4v) is 5.34. The van der Waals surface area contributed by atoms with Crippen molar-refractivity contribution in [1.82, 2.24) is 8.96 Å². The van der Waals surface area contributed by atoms with Crippen molar-refractivity contribution in [2.75, 3.05) is 7.11 Å². The van der Waals surface area contributed by atoms with Crippen LogP contribution < -0.4 is 4.74 Å². The lowest BCUT2D eigenvalue weighted by molar-refractivity contribution is 0.360. The maximum absolute atomic E-state index is 14.6. The van der Waals surface area contributed by atoms with E-state index in [1.54, 1.807) is 24.4 Å². The van der Waals surface area contributed by atoms with Crippen LogP contribution in [0.15, 0.2) is 90.1 Å². The Balaban J connectivity index is 1.79. The molecule has 0 saturated heterocycles. The molecule has 0 bridgehead atoms. The highest BCUT2D eigenvalue weighted by Gasteiger charge is 2.24. The third-order valence-corrected chi connectivity index (χ3v) is 7.47. The summed E-state index contributed by atoms with van der Waals surface area (Å²) in [4.78, 5) is 4.54. The van der Waals surface area contributed by atoms with Crippen LogP contribution in [0.2, 0.25) is 0 Å². The summed E-state index contributed by atoms with van der Waals surface area (Å²) < 4.78 is 62.1. The first kappa shape index (κ1) is 22.7. The quantitative estimate of drug-likeness (QED) is 0.294. The smallest absolute Gasteiger partial charge is 0.269 e. The Kier molecular flexibility index (Phi) is 5.61. The Labute approximate surface area is 201 Å². The lowest BCUT2D eigenvalue weighted by Crippen LogP contribution is -2.12. The van der Waals surface area contributed by atoms with Gasteiger partial charge < -0.3 is 4.74 Å². The Hall–Kier alpha value is -4.04. The summed E-state index contributed by atoms with van der Waals surface area (Å²) >= 11 is 0. The number of rotatable bonds is 5. The van der Waals surface area contributed by atoms with E-state index < -0.39 is 27.4 Å². The zero-order chi connectivity index (χ0) is 24.7. The molecule has 2 aromatic heterocycles. The number of benzene rings is 3. The first-order chi connectivity index (χ1) is 16.8. The molecular formula is C27H20F2N2O3S. The molecule has 5 rings (SSSR count). The van der Waals surface area contributed by atoms with E-state index in [-0.39, 0.29) is 16.1 Å². The Bertz CT molecular complexity index is 1640. The van der Waals surface area contributed by atoms with Gasteiger partial charge in [-0.25, -0.2) is 26.2 Å². The van der Waals surface area contributed by atoms with E-state index in [2.05, 4.69) is 4.98 Å². The minimum Gasteiger partial charge on any atom is -0.491 e. The molecule has 0 amide bonds. The number of aromatic nitrogens is 2. The van der Waals surface area contributed by atoms with E-state index in [0.717, 1.165) is 32.8 Å². The molecule has 5 nitrogen and oxygen atoms in total. The fraction of sp³-hybridized carbons (Fsp3) is 0.0741. The molecule has 2 heterocycles. The van der Waals surface area contributed by atoms with Crippen LogP contribution in [0.1, 0.15) is 5.56 Å². The van der Waals surface area contributed by atoms with Gasteiger partial charge in [-0.05, 0) is 48.4 Å². The lowest BCUT2D eigenvalue weighted by atomic mass is 10.0. The number of halogens is 2. The molecule has 0 fully saturated rings. The molecule has 0 spiro atoms. The van der Waals surface area contributed by atoms with Crippen LogP contribution >= 0.6 is 0 Å². The molecule has 8 heteroatoms. The lowest BCUT2D eigenvalue weighted by Gasteiger charge is -2.08. The number of aryl methyl sites for hydroxylation is 1. The van der Waals surface area contributed by atoms with Crippen molar-refractivity contribution < 1.29 is 21.9 Å². The summed E-state index contributed by atoms with van der Waals surface area (Å²) in [6, 6.07) is 19.9. The predicted molar refractivity (Wildman–Crippen MR) is 131 cm³/mol. The summed E-state index contributed by atoms with van der Waals surface area (Å²) in [5.74, 6) is -2.29. The van der Waals surface area contributed by atoms with E-state index >= 15 is 0 Å². The van der Waals surface area contributed by atoms with Crippen LogP contribution in [0.3, 0.4) is 0 Å². The van der Waals surface area contributed by atoms with Crippen LogP contribution in [-0.2, 0) is 10.0 Å².